The second kappa shape index (κ2) is 7.12. The molecule has 1 aliphatic rings. The Kier molecular flexibility index (Phi) is 4.66. The zero-order chi connectivity index (χ0) is 18.9. The first-order valence-corrected chi connectivity index (χ1v) is 9.61. The van der Waals surface area contributed by atoms with Gasteiger partial charge in [0.1, 0.15) is 0 Å². The molecule has 0 saturated carbocycles. The zero-order valence-corrected chi connectivity index (χ0v) is 16.2. The number of hydrogen-bond donors (Lipinski definition) is 1. The van der Waals surface area contributed by atoms with E-state index < -0.39 is 5.41 Å². The number of halogens is 1. The minimum Gasteiger partial charge on any atom is -0.325 e. The van der Waals surface area contributed by atoms with Crippen LogP contribution in [0.3, 0.4) is 0 Å². The van der Waals surface area contributed by atoms with Gasteiger partial charge in [-0.15, -0.1) is 0 Å². The molecule has 4 rings (SSSR count). The SMILES string of the molecule is O=C(C[C@]1(Cc2ccccc2)C(=O)Nc2ccccc21)c1ccc(Br)cc1. The van der Waals surface area contributed by atoms with E-state index in [-0.39, 0.29) is 18.1 Å². The van der Waals surface area contributed by atoms with Crippen LogP contribution in [0.2, 0.25) is 0 Å². The molecule has 1 atom stereocenters. The van der Waals surface area contributed by atoms with Crippen molar-refractivity contribution in [3.63, 3.8) is 0 Å². The minimum absolute atomic E-state index is 0.0368. The average Bonchev–Trinajstić information content (AvgIpc) is 2.95. The Morgan fingerprint density at radius 1 is 0.889 bits per heavy atom. The molecule has 3 aromatic carbocycles. The third kappa shape index (κ3) is 3.33. The van der Waals surface area contributed by atoms with E-state index in [4.69, 9.17) is 0 Å². The Bertz CT molecular complexity index is 998. The molecule has 0 aliphatic carbocycles. The molecule has 134 valence electrons. The summed E-state index contributed by atoms with van der Waals surface area (Å²) in [4.78, 5) is 26.2. The van der Waals surface area contributed by atoms with Crippen molar-refractivity contribution in [3.8, 4) is 0 Å². The highest BCUT2D eigenvalue weighted by Gasteiger charge is 2.48. The van der Waals surface area contributed by atoms with Crippen LogP contribution in [0.5, 0.6) is 0 Å². The summed E-state index contributed by atoms with van der Waals surface area (Å²) in [6, 6.07) is 24.8. The normalized spacial score (nSPS) is 18.0. The molecule has 3 aromatic rings. The van der Waals surface area contributed by atoms with Gasteiger partial charge in [-0.1, -0.05) is 76.6 Å². The number of carbonyl (C=O) groups is 2. The zero-order valence-electron chi connectivity index (χ0n) is 14.6. The summed E-state index contributed by atoms with van der Waals surface area (Å²) < 4.78 is 0.919. The number of amides is 1. The molecule has 27 heavy (non-hydrogen) atoms. The van der Waals surface area contributed by atoms with Gasteiger partial charge in [-0.2, -0.15) is 0 Å². The van der Waals surface area contributed by atoms with E-state index in [1.165, 1.54) is 0 Å². The Morgan fingerprint density at radius 2 is 1.56 bits per heavy atom. The summed E-state index contributed by atoms with van der Waals surface area (Å²) in [7, 11) is 0. The number of benzene rings is 3. The molecule has 0 bridgehead atoms. The monoisotopic (exact) mass is 419 g/mol. The number of carbonyl (C=O) groups excluding carboxylic acids is 2. The summed E-state index contributed by atoms with van der Waals surface area (Å²) in [6.45, 7) is 0. The van der Waals surface area contributed by atoms with Gasteiger partial charge < -0.3 is 5.32 Å². The van der Waals surface area contributed by atoms with Crippen LogP contribution in [0.1, 0.15) is 27.9 Å². The predicted octanol–water partition coefficient (Wildman–Crippen LogP) is 5.15. The van der Waals surface area contributed by atoms with Crippen LogP contribution < -0.4 is 5.32 Å². The Hall–Kier alpha value is -2.72. The topological polar surface area (TPSA) is 46.2 Å². The van der Waals surface area contributed by atoms with E-state index in [2.05, 4.69) is 21.2 Å². The summed E-state index contributed by atoms with van der Waals surface area (Å²) in [5.74, 6) is -0.150. The van der Waals surface area contributed by atoms with E-state index in [0.717, 1.165) is 21.3 Å². The fourth-order valence-electron chi connectivity index (χ4n) is 3.74. The quantitative estimate of drug-likeness (QED) is 0.580. The average molecular weight is 420 g/mol. The number of ketones is 1. The Morgan fingerprint density at radius 3 is 2.30 bits per heavy atom. The number of fused-ring (bicyclic) bond motifs is 1. The van der Waals surface area contributed by atoms with Crippen LogP contribution in [0.15, 0.2) is 83.3 Å². The first-order chi connectivity index (χ1) is 13.1. The lowest BCUT2D eigenvalue weighted by molar-refractivity contribution is -0.120. The summed E-state index contributed by atoms with van der Waals surface area (Å²) in [6.07, 6.45) is 0.616. The molecular formula is C23H18BrNO2. The third-order valence-corrected chi connectivity index (χ3v) is 5.63. The second-order valence-corrected chi connectivity index (χ2v) is 7.77. The first kappa shape index (κ1) is 17.7. The molecule has 0 unspecified atom stereocenters. The van der Waals surface area contributed by atoms with E-state index >= 15 is 0 Å². The highest BCUT2D eigenvalue weighted by molar-refractivity contribution is 9.10. The smallest absolute Gasteiger partial charge is 0.235 e. The summed E-state index contributed by atoms with van der Waals surface area (Å²) in [5.41, 5.74) is 2.43. The Labute approximate surface area is 166 Å². The molecule has 4 heteroatoms. The van der Waals surface area contributed by atoms with E-state index in [1.807, 2.05) is 66.7 Å². The number of para-hydroxylation sites is 1. The number of anilines is 1. The van der Waals surface area contributed by atoms with Gasteiger partial charge in [-0.25, -0.2) is 0 Å². The molecule has 0 saturated heterocycles. The van der Waals surface area contributed by atoms with Crippen molar-refractivity contribution in [1.82, 2.24) is 0 Å². The van der Waals surface area contributed by atoms with Crippen LogP contribution >= 0.6 is 15.9 Å². The maximum Gasteiger partial charge on any atom is 0.235 e. The molecule has 0 fully saturated rings. The van der Waals surface area contributed by atoms with Gasteiger partial charge in [0.25, 0.3) is 0 Å². The fraction of sp³-hybridized carbons (Fsp3) is 0.130. The Balaban J connectivity index is 1.76. The number of rotatable bonds is 5. The van der Waals surface area contributed by atoms with E-state index in [0.29, 0.717) is 12.0 Å². The maximum absolute atomic E-state index is 13.1. The molecule has 1 heterocycles. The van der Waals surface area contributed by atoms with Crippen LogP contribution in [0.25, 0.3) is 0 Å². The van der Waals surface area contributed by atoms with Gasteiger partial charge in [0.05, 0.1) is 5.41 Å². The van der Waals surface area contributed by atoms with Crippen molar-refractivity contribution in [2.24, 2.45) is 0 Å². The van der Waals surface area contributed by atoms with E-state index in [1.54, 1.807) is 12.1 Å². The lowest BCUT2D eigenvalue weighted by Crippen LogP contribution is -2.39. The highest BCUT2D eigenvalue weighted by atomic mass is 79.9. The van der Waals surface area contributed by atoms with Crippen molar-refractivity contribution >= 4 is 33.3 Å². The number of hydrogen-bond acceptors (Lipinski definition) is 2. The number of nitrogens with one attached hydrogen (secondary N) is 1. The lowest BCUT2D eigenvalue weighted by Gasteiger charge is -2.27. The molecule has 0 radical (unpaired) electrons. The van der Waals surface area contributed by atoms with Gasteiger partial charge >= 0.3 is 0 Å². The van der Waals surface area contributed by atoms with Crippen LogP contribution in [-0.2, 0) is 16.6 Å². The first-order valence-electron chi connectivity index (χ1n) is 8.82. The van der Waals surface area contributed by atoms with Gasteiger partial charge in [-0.05, 0) is 35.7 Å². The van der Waals surface area contributed by atoms with E-state index in [9.17, 15) is 9.59 Å². The van der Waals surface area contributed by atoms with Crippen molar-refractivity contribution < 1.29 is 9.59 Å². The molecule has 1 aliphatic heterocycles. The van der Waals surface area contributed by atoms with Gasteiger partial charge in [0.15, 0.2) is 5.78 Å². The standard InChI is InChI=1S/C23H18BrNO2/c24-18-12-10-17(11-13-18)21(26)15-23(14-16-6-2-1-3-7-16)19-8-4-5-9-20(19)25-22(23)27/h1-13H,14-15H2,(H,25,27)/t23-/m0/s1. The van der Waals surface area contributed by atoms with Crippen LogP contribution in [-0.4, -0.2) is 11.7 Å². The predicted molar refractivity (Wildman–Crippen MR) is 110 cm³/mol. The van der Waals surface area contributed by atoms with Crippen molar-refractivity contribution in [2.75, 3.05) is 5.32 Å². The minimum atomic E-state index is -0.901. The molecular weight excluding hydrogens is 402 g/mol. The van der Waals surface area contributed by atoms with Gasteiger partial charge in [0.2, 0.25) is 5.91 Å². The van der Waals surface area contributed by atoms with Crippen molar-refractivity contribution in [2.45, 2.75) is 18.3 Å². The van der Waals surface area contributed by atoms with Crippen LogP contribution in [0.4, 0.5) is 5.69 Å². The van der Waals surface area contributed by atoms with Crippen molar-refractivity contribution in [3.05, 3.63) is 100 Å². The molecule has 3 nitrogen and oxygen atoms in total. The highest BCUT2D eigenvalue weighted by Crippen LogP contribution is 2.43. The maximum atomic E-state index is 13.1. The molecule has 0 aromatic heterocycles. The summed E-state index contributed by atoms with van der Waals surface area (Å²) >= 11 is 3.39. The lowest BCUT2D eigenvalue weighted by atomic mass is 9.72. The molecule has 1 N–H and O–H groups in total. The summed E-state index contributed by atoms with van der Waals surface area (Å²) in [5, 5.41) is 2.98. The molecule has 0 spiro atoms. The second-order valence-electron chi connectivity index (χ2n) is 6.85. The fourth-order valence-corrected chi connectivity index (χ4v) is 4.01. The third-order valence-electron chi connectivity index (χ3n) is 5.10. The number of Topliss-reactive ketones (excluding diaryl/α,β-unsaturated/α-hetero) is 1. The van der Waals surface area contributed by atoms with Gasteiger partial charge in [-0.3, -0.25) is 9.59 Å². The largest absolute Gasteiger partial charge is 0.325 e. The van der Waals surface area contributed by atoms with Crippen molar-refractivity contribution in [1.29, 1.82) is 0 Å². The molecule has 1 amide bonds. The van der Waals surface area contributed by atoms with Crippen LogP contribution in [0, 0.1) is 0 Å². The van der Waals surface area contributed by atoms with Gasteiger partial charge in [0, 0.05) is 22.1 Å².